The first-order valence-electron chi connectivity index (χ1n) is 5.42. The van der Waals surface area contributed by atoms with Gasteiger partial charge in [-0.1, -0.05) is 13.8 Å². The number of allylic oxidation sites excluding steroid dienone is 1. The van der Waals surface area contributed by atoms with E-state index < -0.39 is 0 Å². The number of carbonyl (C=O) groups excluding carboxylic acids is 1. The van der Waals surface area contributed by atoms with Crippen LogP contribution in [0, 0.1) is 6.92 Å². The van der Waals surface area contributed by atoms with E-state index in [9.17, 15) is 9.59 Å². The Morgan fingerprint density at radius 3 is 2.38 bits per heavy atom. The molecule has 1 aliphatic rings. The quantitative estimate of drug-likeness (QED) is 0.720. The third kappa shape index (κ3) is 1.60. The summed E-state index contributed by atoms with van der Waals surface area (Å²) < 4.78 is 0. The minimum absolute atomic E-state index is 0.00398. The van der Waals surface area contributed by atoms with E-state index in [4.69, 9.17) is 0 Å². The third-order valence-corrected chi connectivity index (χ3v) is 3.01. The van der Waals surface area contributed by atoms with E-state index in [1.165, 1.54) is 6.08 Å². The van der Waals surface area contributed by atoms with E-state index in [0.717, 1.165) is 11.1 Å². The van der Waals surface area contributed by atoms with Crippen LogP contribution in [0.25, 0.3) is 6.08 Å². The van der Waals surface area contributed by atoms with Crippen molar-refractivity contribution in [3.05, 3.63) is 50.7 Å². The van der Waals surface area contributed by atoms with Crippen molar-refractivity contribution in [1.82, 2.24) is 0 Å². The molecule has 0 spiro atoms. The molecule has 2 rings (SSSR count). The molecule has 0 aliphatic heterocycles. The van der Waals surface area contributed by atoms with E-state index in [1.807, 2.05) is 19.9 Å². The minimum Gasteiger partial charge on any atom is -0.290 e. The fourth-order valence-corrected chi connectivity index (χ4v) is 1.88. The van der Waals surface area contributed by atoms with Crippen molar-refractivity contribution in [1.29, 1.82) is 0 Å². The number of ketones is 1. The largest absolute Gasteiger partial charge is 0.290 e. The van der Waals surface area contributed by atoms with Crippen molar-refractivity contribution < 1.29 is 4.79 Å². The van der Waals surface area contributed by atoms with Crippen molar-refractivity contribution in [3.63, 3.8) is 0 Å². The second kappa shape index (κ2) is 3.71. The Hall–Kier alpha value is -1.70. The Bertz CT molecular complexity index is 551. The lowest BCUT2D eigenvalue weighted by Gasteiger charge is -2.01. The Morgan fingerprint density at radius 1 is 1.06 bits per heavy atom. The van der Waals surface area contributed by atoms with E-state index >= 15 is 0 Å². The van der Waals surface area contributed by atoms with Gasteiger partial charge >= 0.3 is 0 Å². The van der Waals surface area contributed by atoms with Gasteiger partial charge in [0.05, 0.1) is 0 Å². The first-order valence-corrected chi connectivity index (χ1v) is 5.42. The van der Waals surface area contributed by atoms with Gasteiger partial charge in [-0.05, 0) is 48.3 Å². The van der Waals surface area contributed by atoms with Gasteiger partial charge in [-0.3, -0.25) is 9.59 Å². The highest BCUT2D eigenvalue weighted by molar-refractivity contribution is 6.14. The maximum absolute atomic E-state index is 11.9. The fourth-order valence-electron chi connectivity index (χ4n) is 1.88. The van der Waals surface area contributed by atoms with Gasteiger partial charge in [0.2, 0.25) is 0 Å². The van der Waals surface area contributed by atoms with Crippen LogP contribution in [0.2, 0.25) is 0 Å². The summed E-state index contributed by atoms with van der Waals surface area (Å²) in [7, 11) is 0. The van der Waals surface area contributed by atoms with Crippen molar-refractivity contribution in [3.8, 4) is 0 Å². The highest BCUT2D eigenvalue weighted by atomic mass is 16.1. The lowest BCUT2D eigenvalue weighted by Crippen LogP contribution is -2.02. The summed E-state index contributed by atoms with van der Waals surface area (Å²) in [6.45, 7) is 5.81. The number of hydrogen-bond donors (Lipinski definition) is 0. The van der Waals surface area contributed by atoms with Crippen molar-refractivity contribution in [2.24, 2.45) is 0 Å². The summed E-state index contributed by atoms with van der Waals surface area (Å²) in [4.78, 5) is 23.5. The van der Waals surface area contributed by atoms with E-state index in [1.54, 1.807) is 19.1 Å². The molecular weight excluding hydrogens is 200 g/mol. The Kier molecular flexibility index (Phi) is 2.50. The standard InChI is InChI=1S/C14H14O2/c1-8(2)10-6-12-11(4-5-13(12)15)9(3)14(16)7-10/h4-8H,1-3H3. The molecule has 0 amide bonds. The van der Waals surface area contributed by atoms with Gasteiger partial charge in [0.1, 0.15) is 0 Å². The molecule has 0 saturated heterocycles. The monoisotopic (exact) mass is 214 g/mol. The maximum Gasteiger partial charge on any atom is 0.186 e. The summed E-state index contributed by atoms with van der Waals surface area (Å²) in [5, 5.41) is 0. The summed E-state index contributed by atoms with van der Waals surface area (Å²) in [5.41, 5.74) is 3.02. The predicted molar refractivity (Wildman–Crippen MR) is 64.9 cm³/mol. The molecule has 0 unspecified atom stereocenters. The number of rotatable bonds is 1. The minimum atomic E-state index is -0.00407. The van der Waals surface area contributed by atoms with E-state index in [-0.39, 0.29) is 17.1 Å². The van der Waals surface area contributed by atoms with Gasteiger partial charge in [0, 0.05) is 11.1 Å². The molecule has 1 aromatic carbocycles. The Balaban J connectivity index is 2.84. The number of hydrogen-bond acceptors (Lipinski definition) is 2. The molecule has 82 valence electrons. The van der Waals surface area contributed by atoms with E-state index in [2.05, 4.69) is 0 Å². The SMILES string of the molecule is Cc1c2c(cc(C(C)C)cc1=O)C(=O)C=C2. The molecule has 2 nitrogen and oxygen atoms in total. The van der Waals surface area contributed by atoms with Crippen LogP contribution >= 0.6 is 0 Å². The average molecular weight is 214 g/mol. The normalized spacial score (nSPS) is 13.4. The van der Waals surface area contributed by atoms with Crippen molar-refractivity contribution in [2.75, 3.05) is 0 Å². The molecule has 0 aromatic heterocycles. The average Bonchev–Trinajstić information content (AvgIpc) is 2.51. The smallest absolute Gasteiger partial charge is 0.186 e. The molecule has 0 saturated carbocycles. The molecular formula is C14H14O2. The third-order valence-electron chi connectivity index (χ3n) is 3.01. The van der Waals surface area contributed by atoms with E-state index in [0.29, 0.717) is 11.1 Å². The lowest BCUT2D eigenvalue weighted by atomic mass is 10.0. The maximum atomic E-state index is 11.9. The van der Waals surface area contributed by atoms with Crippen LogP contribution in [0.15, 0.2) is 23.0 Å². The van der Waals surface area contributed by atoms with Crippen LogP contribution in [0.3, 0.4) is 0 Å². The molecule has 2 heteroatoms. The summed E-state index contributed by atoms with van der Waals surface area (Å²) in [6.07, 6.45) is 3.26. The van der Waals surface area contributed by atoms with Gasteiger partial charge in [-0.25, -0.2) is 0 Å². The van der Waals surface area contributed by atoms with Crippen LogP contribution < -0.4 is 5.43 Å². The van der Waals surface area contributed by atoms with Gasteiger partial charge in [-0.2, -0.15) is 0 Å². The molecule has 0 radical (unpaired) electrons. The second-order valence-electron chi connectivity index (χ2n) is 4.46. The van der Waals surface area contributed by atoms with Crippen LogP contribution in [-0.4, -0.2) is 5.78 Å². The molecule has 0 N–H and O–H groups in total. The summed E-state index contributed by atoms with van der Waals surface area (Å²) in [5.74, 6) is 0.243. The lowest BCUT2D eigenvalue weighted by molar-refractivity contribution is 0.105. The predicted octanol–water partition coefficient (Wildman–Crippen LogP) is 2.69. The number of fused-ring (bicyclic) bond motifs is 1. The molecule has 0 heterocycles. The topological polar surface area (TPSA) is 34.1 Å². The summed E-state index contributed by atoms with van der Waals surface area (Å²) >= 11 is 0. The van der Waals surface area contributed by atoms with Crippen molar-refractivity contribution >= 4 is 11.9 Å². The fraction of sp³-hybridized carbons (Fsp3) is 0.286. The van der Waals surface area contributed by atoms with Crippen LogP contribution in [0.5, 0.6) is 0 Å². The van der Waals surface area contributed by atoms with Gasteiger partial charge in [0.25, 0.3) is 0 Å². The second-order valence-corrected chi connectivity index (χ2v) is 4.46. The first-order chi connectivity index (χ1) is 7.50. The molecule has 0 atom stereocenters. The zero-order valence-corrected chi connectivity index (χ0v) is 9.70. The van der Waals surface area contributed by atoms with Gasteiger partial charge in [0.15, 0.2) is 11.2 Å². The zero-order valence-electron chi connectivity index (χ0n) is 9.70. The molecule has 0 fully saturated rings. The zero-order chi connectivity index (χ0) is 11.9. The number of carbonyl (C=O) groups is 1. The van der Waals surface area contributed by atoms with Crippen molar-refractivity contribution in [2.45, 2.75) is 26.7 Å². The van der Waals surface area contributed by atoms with Crippen LogP contribution in [0.1, 0.15) is 46.8 Å². The van der Waals surface area contributed by atoms with Gasteiger partial charge < -0.3 is 0 Å². The molecule has 1 aliphatic carbocycles. The molecule has 16 heavy (non-hydrogen) atoms. The summed E-state index contributed by atoms with van der Waals surface area (Å²) in [6, 6.07) is 3.48. The van der Waals surface area contributed by atoms with Crippen LogP contribution in [-0.2, 0) is 0 Å². The Morgan fingerprint density at radius 2 is 1.75 bits per heavy atom. The highest BCUT2D eigenvalue weighted by Crippen LogP contribution is 2.23. The van der Waals surface area contributed by atoms with Crippen LogP contribution in [0.4, 0.5) is 0 Å². The Labute approximate surface area is 94.6 Å². The highest BCUT2D eigenvalue weighted by Gasteiger charge is 2.17. The molecule has 1 aromatic rings. The molecule has 0 bridgehead atoms. The first kappa shape index (κ1) is 10.8. The van der Waals surface area contributed by atoms with Gasteiger partial charge in [-0.15, -0.1) is 0 Å².